The Hall–Kier alpha value is -0.430. The number of hydrogen-bond acceptors (Lipinski definition) is 2. The Morgan fingerprint density at radius 2 is 1.55 bits per heavy atom. The molecule has 114 valence electrons. The average molecular weight is 363 g/mol. The van der Waals surface area contributed by atoms with Crippen LogP contribution in [0.4, 0.5) is 0 Å². The summed E-state index contributed by atoms with van der Waals surface area (Å²) in [7, 11) is -1.74. The molecule has 0 fully saturated rings. The lowest BCUT2D eigenvalue weighted by atomic mass is 10.2. The number of halogens is 1. The first-order chi connectivity index (χ1) is 9.41. The second-order valence-electron chi connectivity index (χ2n) is 4.79. The van der Waals surface area contributed by atoms with E-state index in [1.54, 1.807) is 11.4 Å². The normalized spacial score (nSPS) is 12.3. The zero-order chi connectivity index (χ0) is 15.2. The van der Waals surface area contributed by atoms with E-state index in [1.165, 1.54) is 4.31 Å². The smallest absolute Gasteiger partial charge is 0.195 e. The minimum atomic E-state index is -3.38. The van der Waals surface area contributed by atoms with Crippen LogP contribution >= 0.6 is 15.9 Å². The van der Waals surface area contributed by atoms with Crippen molar-refractivity contribution in [3.63, 3.8) is 0 Å². The van der Waals surface area contributed by atoms with Crippen molar-refractivity contribution < 1.29 is 8.42 Å². The maximum Gasteiger partial charge on any atom is 0.282 e. The molecule has 0 unspecified atom stereocenters. The van der Waals surface area contributed by atoms with Gasteiger partial charge in [0.15, 0.2) is 0 Å². The summed E-state index contributed by atoms with van der Waals surface area (Å²) in [6.07, 6.45) is 1.65. The highest BCUT2D eigenvalue weighted by Gasteiger charge is 2.25. The number of hydrogen-bond donors (Lipinski definition) is 0. The van der Waals surface area contributed by atoms with E-state index in [2.05, 4.69) is 15.9 Å². The summed E-state index contributed by atoms with van der Waals surface area (Å²) in [4.78, 5) is 0. The molecule has 0 aliphatic carbocycles. The predicted molar refractivity (Wildman–Crippen MR) is 86.7 cm³/mol. The zero-order valence-corrected chi connectivity index (χ0v) is 14.7. The highest BCUT2D eigenvalue weighted by atomic mass is 79.9. The van der Waals surface area contributed by atoms with Crippen LogP contribution in [0.3, 0.4) is 0 Å². The van der Waals surface area contributed by atoms with Gasteiger partial charge in [0.25, 0.3) is 10.2 Å². The van der Waals surface area contributed by atoms with Gasteiger partial charge in [-0.1, -0.05) is 41.9 Å². The van der Waals surface area contributed by atoms with E-state index >= 15 is 0 Å². The van der Waals surface area contributed by atoms with Gasteiger partial charge in [-0.3, -0.25) is 0 Å². The van der Waals surface area contributed by atoms with E-state index < -0.39 is 10.2 Å². The molecule has 0 aromatic heterocycles. The molecule has 6 heteroatoms. The van der Waals surface area contributed by atoms with Crippen LogP contribution in [0.25, 0.3) is 0 Å². The van der Waals surface area contributed by atoms with Crippen molar-refractivity contribution in [2.45, 2.75) is 33.2 Å². The Bertz CT molecular complexity index is 496. The first kappa shape index (κ1) is 17.6. The summed E-state index contributed by atoms with van der Waals surface area (Å²) < 4.78 is 29.0. The largest absolute Gasteiger partial charge is 0.282 e. The van der Waals surface area contributed by atoms with E-state index in [0.717, 1.165) is 22.9 Å². The average Bonchev–Trinajstić information content (AvgIpc) is 2.41. The van der Waals surface area contributed by atoms with Crippen LogP contribution in [0.2, 0.25) is 0 Å². The van der Waals surface area contributed by atoms with Gasteiger partial charge in [-0.15, -0.1) is 0 Å². The molecule has 0 atom stereocenters. The van der Waals surface area contributed by atoms with E-state index in [1.807, 2.05) is 38.1 Å². The lowest BCUT2D eigenvalue weighted by molar-refractivity contribution is 0.355. The molecular formula is C14H23BrN2O2S. The van der Waals surface area contributed by atoms with Gasteiger partial charge in [-0.25, -0.2) is 0 Å². The van der Waals surface area contributed by atoms with E-state index in [-0.39, 0.29) is 0 Å². The van der Waals surface area contributed by atoms with Gasteiger partial charge < -0.3 is 0 Å². The standard InChI is InChI=1S/C14H23BrN2O2S/c1-4-10-17(11-5-2)20(18,19)16(3)12-13-6-8-14(15)9-7-13/h6-9H,4-5,10-12H2,1-3H3. The van der Waals surface area contributed by atoms with Crippen molar-refractivity contribution in [3.8, 4) is 0 Å². The second-order valence-corrected chi connectivity index (χ2v) is 7.74. The summed E-state index contributed by atoms with van der Waals surface area (Å²) in [5, 5.41) is 0. The quantitative estimate of drug-likeness (QED) is 0.711. The van der Waals surface area contributed by atoms with Crippen molar-refractivity contribution in [2.24, 2.45) is 0 Å². The molecule has 0 amide bonds. The topological polar surface area (TPSA) is 40.6 Å². The summed E-state index contributed by atoms with van der Waals surface area (Å²) in [6, 6.07) is 7.71. The van der Waals surface area contributed by atoms with Crippen LogP contribution in [-0.4, -0.2) is 37.2 Å². The summed E-state index contributed by atoms with van der Waals surface area (Å²) >= 11 is 3.38. The summed E-state index contributed by atoms with van der Waals surface area (Å²) in [5.74, 6) is 0. The predicted octanol–water partition coefficient (Wildman–Crippen LogP) is 3.25. The maximum absolute atomic E-state index is 12.5. The van der Waals surface area contributed by atoms with Gasteiger partial charge in [-0.2, -0.15) is 17.0 Å². The third kappa shape index (κ3) is 4.84. The molecule has 0 aliphatic rings. The fourth-order valence-corrected chi connectivity index (χ4v) is 3.76. The molecule has 0 N–H and O–H groups in total. The van der Waals surface area contributed by atoms with Gasteiger partial charge in [0.2, 0.25) is 0 Å². The summed E-state index contributed by atoms with van der Waals surface area (Å²) in [6.45, 7) is 5.51. The van der Waals surface area contributed by atoms with Crippen molar-refractivity contribution in [3.05, 3.63) is 34.3 Å². The van der Waals surface area contributed by atoms with Gasteiger partial charge in [-0.05, 0) is 30.5 Å². The molecule has 0 radical (unpaired) electrons. The van der Waals surface area contributed by atoms with Gasteiger partial charge in [0.05, 0.1) is 0 Å². The number of benzene rings is 1. The van der Waals surface area contributed by atoms with Gasteiger partial charge in [0, 0.05) is 31.2 Å². The SMILES string of the molecule is CCCN(CCC)S(=O)(=O)N(C)Cc1ccc(Br)cc1. The Kier molecular flexibility index (Phi) is 7.15. The Morgan fingerprint density at radius 1 is 1.05 bits per heavy atom. The molecule has 1 aromatic carbocycles. The first-order valence-corrected chi connectivity index (χ1v) is 9.06. The number of nitrogens with zero attached hydrogens (tertiary/aromatic N) is 2. The first-order valence-electron chi connectivity index (χ1n) is 6.87. The van der Waals surface area contributed by atoms with Crippen LogP contribution in [0.15, 0.2) is 28.7 Å². The molecule has 0 saturated heterocycles. The third-order valence-corrected chi connectivity index (χ3v) is 5.45. The lowest BCUT2D eigenvalue weighted by Crippen LogP contribution is -2.42. The maximum atomic E-state index is 12.5. The van der Waals surface area contributed by atoms with Crippen LogP contribution < -0.4 is 0 Å². The summed E-state index contributed by atoms with van der Waals surface area (Å²) in [5.41, 5.74) is 0.979. The zero-order valence-electron chi connectivity index (χ0n) is 12.3. The fourth-order valence-electron chi connectivity index (χ4n) is 1.97. The molecular weight excluding hydrogens is 340 g/mol. The van der Waals surface area contributed by atoms with E-state index in [0.29, 0.717) is 19.6 Å². The molecule has 1 aromatic rings. The Balaban J connectivity index is 2.81. The Morgan fingerprint density at radius 3 is 2.00 bits per heavy atom. The van der Waals surface area contributed by atoms with Crippen molar-refractivity contribution >= 4 is 26.1 Å². The molecule has 0 saturated carbocycles. The van der Waals surface area contributed by atoms with Crippen LogP contribution in [0, 0.1) is 0 Å². The lowest BCUT2D eigenvalue weighted by Gasteiger charge is -2.27. The minimum absolute atomic E-state index is 0.388. The molecule has 1 rings (SSSR count). The fraction of sp³-hybridized carbons (Fsp3) is 0.571. The van der Waals surface area contributed by atoms with Gasteiger partial charge >= 0.3 is 0 Å². The molecule has 0 spiro atoms. The van der Waals surface area contributed by atoms with Crippen LogP contribution in [0.5, 0.6) is 0 Å². The Labute approximate surface area is 131 Å². The molecule has 0 bridgehead atoms. The molecule has 4 nitrogen and oxygen atoms in total. The van der Waals surface area contributed by atoms with Crippen LogP contribution in [0.1, 0.15) is 32.3 Å². The molecule has 20 heavy (non-hydrogen) atoms. The van der Waals surface area contributed by atoms with Crippen molar-refractivity contribution in [2.75, 3.05) is 20.1 Å². The van der Waals surface area contributed by atoms with E-state index in [9.17, 15) is 8.42 Å². The molecule has 0 heterocycles. The highest BCUT2D eigenvalue weighted by molar-refractivity contribution is 9.10. The second kappa shape index (κ2) is 8.12. The van der Waals surface area contributed by atoms with Crippen molar-refractivity contribution in [1.82, 2.24) is 8.61 Å². The van der Waals surface area contributed by atoms with Crippen molar-refractivity contribution in [1.29, 1.82) is 0 Å². The monoisotopic (exact) mass is 362 g/mol. The van der Waals surface area contributed by atoms with Crippen LogP contribution in [-0.2, 0) is 16.8 Å². The highest BCUT2D eigenvalue weighted by Crippen LogP contribution is 2.15. The van der Waals surface area contributed by atoms with E-state index in [4.69, 9.17) is 0 Å². The minimum Gasteiger partial charge on any atom is -0.195 e. The number of rotatable bonds is 8. The van der Waals surface area contributed by atoms with Gasteiger partial charge in [0.1, 0.15) is 0 Å². The third-order valence-electron chi connectivity index (χ3n) is 2.98. The molecule has 0 aliphatic heterocycles.